The molecular weight excluding hydrogens is 262 g/mol. The summed E-state index contributed by atoms with van der Waals surface area (Å²) in [4.78, 5) is 3.99. The summed E-state index contributed by atoms with van der Waals surface area (Å²) < 4.78 is 5.11. The van der Waals surface area contributed by atoms with E-state index < -0.39 is 0 Å². The quantitative estimate of drug-likeness (QED) is 0.773. The van der Waals surface area contributed by atoms with Gasteiger partial charge in [0.15, 0.2) is 0 Å². The van der Waals surface area contributed by atoms with Gasteiger partial charge in [0, 0.05) is 23.0 Å². The second-order valence-electron chi connectivity index (χ2n) is 4.02. The van der Waals surface area contributed by atoms with Gasteiger partial charge in [0.25, 0.3) is 0 Å². The molecule has 0 aliphatic rings. The van der Waals surface area contributed by atoms with Crippen molar-refractivity contribution in [2.24, 2.45) is 0 Å². The Morgan fingerprint density at radius 2 is 1.84 bits per heavy atom. The van der Waals surface area contributed by atoms with Gasteiger partial charge in [-0.2, -0.15) is 0 Å². The summed E-state index contributed by atoms with van der Waals surface area (Å²) >= 11 is 6.00. The maximum atomic E-state index is 6.00. The molecule has 0 fully saturated rings. The summed E-state index contributed by atoms with van der Waals surface area (Å²) in [6, 6.07) is 11.1. The molecule has 0 spiro atoms. The van der Waals surface area contributed by atoms with E-state index in [2.05, 4.69) is 10.1 Å². The number of hydrogen-bond donors (Lipinski definition) is 1. The maximum Gasteiger partial charge on any atom is 0.230 e. The third-order valence-electron chi connectivity index (χ3n) is 2.79. The first-order valence-electron chi connectivity index (χ1n) is 5.67. The second kappa shape index (κ2) is 4.74. The molecule has 94 valence electrons. The average Bonchev–Trinajstić information content (AvgIpc) is 2.82. The molecule has 0 saturated heterocycles. The Balaban J connectivity index is 2.19. The van der Waals surface area contributed by atoms with Crippen LogP contribution in [-0.4, -0.2) is 10.1 Å². The first-order valence-corrected chi connectivity index (χ1v) is 6.05. The minimum atomic E-state index is 0.279. The second-order valence-corrected chi connectivity index (χ2v) is 4.45. The van der Waals surface area contributed by atoms with Crippen LogP contribution < -0.4 is 5.73 Å². The predicted octanol–water partition coefficient (Wildman–Crippen LogP) is 3.64. The summed E-state index contributed by atoms with van der Waals surface area (Å²) in [6.07, 6.45) is 3.40. The normalized spacial score (nSPS) is 10.6. The first-order chi connectivity index (χ1) is 9.25. The number of nitrogens with two attached hydrogens (primary N) is 1. The third kappa shape index (κ3) is 2.18. The standard InChI is InChI=1S/C14H10ClN3O/c15-11-3-1-2-10(8-11)13-12(14(16)19-18-13)9-4-6-17-7-5-9/h1-8H,16H2. The van der Waals surface area contributed by atoms with Crippen LogP contribution in [-0.2, 0) is 0 Å². The fourth-order valence-electron chi connectivity index (χ4n) is 1.93. The molecule has 0 bridgehead atoms. The molecule has 2 N–H and O–H groups in total. The highest BCUT2D eigenvalue weighted by Gasteiger charge is 2.17. The van der Waals surface area contributed by atoms with E-state index >= 15 is 0 Å². The van der Waals surface area contributed by atoms with E-state index in [0.29, 0.717) is 10.7 Å². The minimum Gasteiger partial charge on any atom is -0.367 e. The van der Waals surface area contributed by atoms with Crippen LogP contribution in [0.4, 0.5) is 5.88 Å². The molecule has 0 aliphatic carbocycles. The molecule has 3 aromatic rings. The maximum absolute atomic E-state index is 6.00. The van der Waals surface area contributed by atoms with Crippen molar-refractivity contribution in [3.8, 4) is 22.4 Å². The lowest BCUT2D eigenvalue weighted by Crippen LogP contribution is -1.88. The Labute approximate surface area is 114 Å². The number of nitrogens with zero attached hydrogens (tertiary/aromatic N) is 2. The molecule has 0 saturated carbocycles. The molecule has 0 aliphatic heterocycles. The Kier molecular flexibility index (Phi) is 2.93. The van der Waals surface area contributed by atoms with Gasteiger partial charge in [-0.25, -0.2) is 0 Å². The van der Waals surface area contributed by atoms with Crippen LogP contribution in [0.3, 0.4) is 0 Å². The van der Waals surface area contributed by atoms with Gasteiger partial charge >= 0.3 is 0 Å². The summed E-state index contributed by atoms with van der Waals surface area (Å²) in [6.45, 7) is 0. The molecule has 2 aromatic heterocycles. The number of rotatable bonds is 2. The smallest absolute Gasteiger partial charge is 0.230 e. The van der Waals surface area contributed by atoms with Crippen LogP contribution in [0.5, 0.6) is 0 Å². The first kappa shape index (κ1) is 11.7. The SMILES string of the molecule is Nc1onc(-c2cccc(Cl)c2)c1-c1ccncc1. The molecular formula is C14H10ClN3O. The van der Waals surface area contributed by atoms with E-state index in [4.69, 9.17) is 21.9 Å². The van der Waals surface area contributed by atoms with Gasteiger partial charge in [0.05, 0.1) is 5.56 Å². The molecule has 0 radical (unpaired) electrons. The highest BCUT2D eigenvalue weighted by atomic mass is 35.5. The molecule has 0 amide bonds. The lowest BCUT2D eigenvalue weighted by Gasteiger charge is -2.02. The van der Waals surface area contributed by atoms with Crippen molar-refractivity contribution >= 4 is 17.5 Å². The van der Waals surface area contributed by atoms with Crippen LogP contribution in [0, 0.1) is 0 Å². The van der Waals surface area contributed by atoms with Gasteiger partial charge in [-0.05, 0) is 29.8 Å². The highest BCUT2D eigenvalue weighted by Crippen LogP contribution is 2.36. The van der Waals surface area contributed by atoms with Crippen LogP contribution in [0.25, 0.3) is 22.4 Å². The average molecular weight is 272 g/mol. The molecule has 1 aromatic carbocycles. The number of anilines is 1. The van der Waals surface area contributed by atoms with Crippen LogP contribution >= 0.6 is 11.6 Å². The Morgan fingerprint density at radius 1 is 1.05 bits per heavy atom. The minimum absolute atomic E-state index is 0.279. The fraction of sp³-hybridized carbons (Fsp3) is 0. The van der Waals surface area contributed by atoms with Crippen molar-refractivity contribution in [2.45, 2.75) is 0 Å². The number of nitrogen functional groups attached to an aromatic ring is 1. The predicted molar refractivity (Wildman–Crippen MR) is 74.6 cm³/mol. The van der Waals surface area contributed by atoms with Crippen molar-refractivity contribution in [3.05, 3.63) is 53.8 Å². The Bertz CT molecular complexity index is 710. The summed E-state index contributed by atoms with van der Waals surface area (Å²) in [5, 5.41) is 4.66. The van der Waals surface area contributed by atoms with Gasteiger partial charge in [0.2, 0.25) is 5.88 Å². The molecule has 5 heteroatoms. The van der Waals surface area contributed by atoms with Gasteiger partial charge in [-0.15, -0.1) is 0 Å². The zero-order valence-corrected chi connectivity index (χ0v) is 10.6. The number of aromatic nitrogens is 2. The molecule has 4 nitrogen and oxygen atoms in total. The van der Waals surface area contributed by atoms with Gasteiger partial charge in [-0.3, -0.25) is 4.98 Å². The van der Waals surface area contributed by atoms with Crippen LogP contribution in [0.15, 0.2) is 53.3 Å². The zero-order chi connectivity index (χ0) is 13.2. The Morgan fingerprint density at radius 3 is 2.58 bits per heavy atom. The van der Waals surface area contributed by atoms with E-state index in [-0.39, 0.29) is 5.88 Å². The van der Waals surface area contributed by atoms with Crippen molar-refractivity contribution < 1.29 is 4.52 Å². The largest absolute Gasteiger partial charge is 0.367 e. The summed E-state index contributed by atoms with van der Waals surface area (Å²) in [5.41, 5.74) is 9.06. The Hall–Kier alpha value is -2.33. The van der Waals surface area contributed by atoms with E-state index in [1.165, 1.54) is 0 Å². The zero-order valence-electron chi connectivity index (χ0n) is 9.88. The van der Waals surface area contributed by atoms with E-state index in [0.717, 1.165) is 16.7 Å². The monoisotopic (exact) mass is 271 g/mol. The third-order valence-corrected chi connectivity index (χ3v) is 3.02. The number of halogens is 1. The number of benzene rings is 1. The number of pyridine rings is 1. The molecule has 3 rings (SSSR count). The van der Waals surface area contributed by atoms with E-state index in [9.17, 15) is 0 Å². The van der Waals surface area contributed by atoms with Crippen molar-refractivity contribution in [2.75, 3.05) is 5.73 Å². The van der Waals surface area contributed by atoms with Gasteiger partial charge in [-0.1, -0.05) is 28.9 Å². The molecule has 0 atom stereocenters. The lowest BCUT2D eigenvalue weighted by atomic mass is 10.0. The topological polar surface area (TPSA) is 64.9 Å². The summed E-state index contributed by atoms with van der Waals surface area (Å²) in [5.74, 6) is 0.279. The van der Waals surface area contributed by atoms with Crippen molar-refractivity contribution in [3.63, 3.8) is 0 Å². The molecule has 2 heterocycles. The van der Waals surface area contributed by atoms with E-state index in [1.54, 1.807) is 18.5 Å². The van der Waals surface area contributed by atoms with Crippen LogP contribution in [0.2, 0.25) is 5.02 Å². The van der Waals surface area contributed by atoms with Crippen LogP contribution in [0.1, 0.15) is 0 Å². The van der Waals surface area contributed by atoms with Gasteiger partial charge < -0.3 is 10.3 Å². The fourth-order valence-corrected chi connectivity index (χ4v) is 2.12. The molecule has 19 heavy (non-hydrogen) atoms. The van der Waals surface area contributed by atoms with Crippen molar-refractivity contribution in [1.29, 1.82) is 0 Å². The summed E-state index contributed by atoms with van der Waals surface area (Å²) in [7, 11) is 0. The lowest BCUT2D eigenvalue weighted by molar-refractivity contribution is 0.439. The highest BCUT2D eigenvalue weighted by molar-refractivity contribution is 6.30. The van der Waals surface area contributed by atoms with Gasteiger partial charge in [0.1, 0.15) is 5.69 Å². The number of hydrogen-bond acceptors (Lipinski definition) is 4. The van der Waals surface area contributed by atoms with E-state index in [1.807, 2.05) is 30.3 Å². The van der Waals surface area contributed by atoms with Crippen molar-refractivity contribution in [1.82, 2.24) is 10.1 Å². The molecule has 0 unspecified atom stereocenters.